The molecule has 0 aromatic heterocycles. The summed E-state index contributed by atoms with van der Waals surface area (Å²) < 4.78 is 5.66. The highest BCUT2D eigenvalue weighted by Crippen LogP contribution is 2.26. The Morgan fingerprint density at radius 3 is 2.69 bits per heavy atom. The molecule has 1 fully saturated rings. The summed E-state index contributed by atoms with van der Waals surface area (Å²) >= 11 is 5.88. The number of carbonyl (C=O) groups is 2. The molecule has 2 aromatic rings. The summed E-state index contributed by atoms with van der Waals surface area (Å²) in [5.74, 6) is -0.277. The van der Waals surface area contributed by atoms with Gasteiger partial charge in [-0.3, -0.25) is 9.59 Å². The number of benzene rings is 2. The van der Waals surface area contributed by atoms with Crippen LogP contribution in [0.4, 0.5) is 5.69 Å². The third-order valence-corrected chi connectivity index (χ3v) is 4.66. The Hall–Kier alpha value is -2.53. The molecule has 0 saturated carbocycles. The molecule has 2 aromatic carbocycles. The zero-order valence-electron chi connectivity index (χ0n) is 14.6. The van der Waals surface area contributed by atoms with Crippen LogP contribution in [-0.4, -0.2) is 31.5 Å². The summed E-state index contributed by atoms with van der Waals surface area (Å²) in [4.78, 5) is 26.5. The fourth-order valence-electron chi connectivity index (χ4n) is 2.98. The Bertz CT molecular complexity index is 792. The number of aryl methyl sites for hydroxylation is 1. The Morgan fingerprint density at radius 1 is 1.23 bits per heavy atom. The topological polar surface area (TPSA) is 58.6 Å². The van der Waals surface area contributed by atoms with Crippen LogP contribution in [0.1, 0.15) is 12.0 Å². The molecule has 1 atom stereocenters. The molecule has 5 nitrogen and oxygen atoms in total. The lowest BCUT2D eigenvalue weighted by Crippen LogP contribution is -2.38. The number of para-hydroxylation sites is 1. The Labute approximate surface area is 157 Å². The van der Waals surface area contributed by atoms with Gasteiger partial charge in [0.1, 0.15) is 18.3 Å². The number of rotatable bonds is 6. The number of carbonyl (C=O) groups excluding carboxylic acids is 2. The number of hydrogen-bond acceptors (Lipinski definition) is 3. The molecule has 3 rings (SSSR count). The standard InChI is InChI=1S/C20H21ClN2O3/c1-14-4-2-3-5-18(14)26-13-11-22-19(24)17-10-12-23(20(17)25)16-8-6-15(21)7-9-16/h2-9,17H,10-13H2,1H3,(H,22,24). The van der Waals surface area contributed by atoms with Gasteiger partial charge in [-0.05, 0) is 49.2 Å². The lowest BCUT2D eigenvalue weighted by molar-refractivity contribution is -0.132. The van der Waals surface area contributed by atoms with Crippen molar-refractivity contribution >= 4 is 29.1 Å². The molecule has 26 heavy (non-hydrogen) atoms. The molecule has 1 N–H and O–H groups in total. The lowest BCUT2D eigenvalue weighted by atomic mass is 10.1. The van der Waals surface area contributed by atoms with E-state index >= 15 is 0 Å². The maximum absolute atomic E-state index is 12.5. The predicted octanol–water partition coefficient (Wildman–Crippen LogP) is 3.20. The highest BCUT2D eigenvalue weighted by Gasteiger charge is 2.37. The minimum Gasteiger partial charge on any atom is -0.491 e. The summed E-state index contributed by atoms with van der Waals surface area (Å²) in [6, 6.07) is 14.8. The van der Waals surface area contributed by atoms with E-state index in [0.29, 0.717) is 31.1 Å². The molecule has 1 aliphatic rings. The molecule has 0 aliphatic carbocycles. The molecule has 1 saturated heterocycles. The summed E-state index contributed by atoms with van der Waals surface area (Å²) in [6.45, 7) is 3.21. The summed E-state index contributed by atoms with van der Waals surface area (Å²) in [6.07, 6.45) is 0.506. The van der Waals surface area contributed by atoms with Crippen molar-refractivity contribution in [2.75, 3.05) is 24.6 Å². The van der Waals surface area contributed by atoms with Gasteiger partial charge in [-0.2, -0.15) is 0 Å². The van der Waals surface area contributed by atoms with E-state index in [9.17, 15) is 9.59 Å². The van der Waals surface area contributed by atoms with Crippen LogP contribution < -0.4 is 15.0 Å². The lowest BCUT2D eigenvalue weighted by Gasteiger charge is -2.17. The first-order valence-electron chi connectivity index (χ1n) is 8.59. The molecular weight excluding hydrogens is 352 g/mol. The highest BCUT2D eigenvalue weighted by atomic mass is 35.5. The first-order chi connectivity index (χ1) is 12.6. The van der Waals surface area contributed by atoms with Crippen molar-refractivity contribution < 1.29 is 14.3 Å². The van der Waals surface area contributed by atoms with E-state index in [1.54, 1.807) is 29.2 Å². The number of hydrogen-bond donors (Lipinski definition) is 1. The van der Waals surface area contributed by atoms with Gasteiger partial charge in [0.25, 0.3) is 0 Å². The van der Waals surface area contributed by atoms with E-state index in [4.69, 9.17) is 16.3 Å². The maximum atomic E-state index is 12.5. The van der Waals surface area contributed by atoms with Crippen molar-refractivity contribution in [3.63, 3.8) is 0 Å². The first kappa shape index (κ1) is 18.3. The molecule has 2 amide bonds. The van der Waals surface area contributed by atoms with Gasteiger partial charge in [0.2, 0.25) is 11.8 Å². The number of anilines is 1. The van der Waals surface area contributed by atoms with Crippen molar-refractivity contribution in [2.45, 2.75) is 13.3 Å². The van der Waals surface area contributed by atoms with Gasteiger partial charge in [0, 0.05) is 17.3 Å². The fourth-order valence-corrected chi connectivity index (χ4v) is 3.10. The minimum absolute atomic E-state index is 0.176. The van der Waals surface area contributed by atoms with E-state index in [1.165, 1.54) is 0 Å². The smallest absolute Gasteiger partial charge is 0.239 e. The SMILES string of the molecule is Cc1ccccc1OCCNC(=O)C1CCN(c2ccc(Cl)cc2)C1=O. The van der Waals surface area contributed by atoms with Crippen LogP contribution in [0.15, 0.2) is 48.5 Å². The van der Waals surface area contributed by atoms with Gasteiger partial charge in [0.15, 0.2) is 0 Å². The average molecular weight is 373 g/mol. The zero-order valence-corrected chi connectivity index (χ0v) is 15.3. The average Bonchev–Trinajstić information content (AvgIpc) is 3.02. The number of amides is 2. The third-order valence-electron chi connectivity index (χ3n) is 4.41. The van der Waals surface area contributed by atoms with Gasteiger partial charge in [0.05, 0.1) is 6.54 Å². The predicted molar refractivity (Wildman–Crippen MR) is 102 cm³/mol. The Balaban J connectivity index is 1.48. The van der Waals surface area contributed by atoms with Crippen molar-refractivity contribution in [1.82, 2.24) is 5.32 Å². The first-order valence-corrected chi connectivity index (χ1v) is 8.97. The van der Waals surface area contributed by atoms with Crippen LogP contribution >= 0.6 is 11.6 Å². The van der Waals surface area contributed by atoms with Crippen LogP contribution in [0.5, 0.6) is 5.75 Å². The second-order valence-corrected chi connectivity index (χ2v) is 6.65. The Morgan fingerprint density at radius 2 is 1.96 bits per heavy atom. The van der Waals surface area contributed by atoms with Crippen LogP contribution in [-0.2, 0) is 9.59 Å². The molecule has 1 aliphatic heterocycles. The van der Waals surface area contributed by atoms with Crippen molar-refractivity contribution in [3.05, 3.63) is 59.1 Å². The van der Waals surface area contributed by atoms with Crippen LogP contribution in [0.2, 0.25) is 5.02 Å². The monoisotopic (exact) mass is 372 g/mol. The second kappa shape index (κ2) is 8.23. The number of ether oxygens (including phenoxy) is 1. The molecule has 0 radical (unpaired) electrons. The number of nitrogens with one attached hydrogen (secondary N) is 1. The molecule has 1 heterocycles. The molecule has 0 spiro atoms. The zero-order chi connectivity index (χ0) is 18.5. The van der Waals surface area contributed by atoms with Crippen LogP contribution in [0.3, 0.4) is 0 Å². The molecule has 136 valence electrons. The van der Waals surface area contributed by atoms with E-state index in [1.807, 2.05) is 31.2 Å². The van der Waals surface area contributed by atoms with Gasteiger partial charge in [-0.25, -0.2) is 0 Å². The summed E-state index contributed by atoms with van der Waals surface area (Å²) in [7, 11) is 0. The van der Waals surface area contributed by atoms with Gasteiger partial charge in [-0.15, -0.1) is 0 Å². The van der Waals surface area contributed by atoms with E-state index < -0.39 is 5.92 Å². The van der Waals surface area contributed by atoms with Crippen molar-refractivity contribution in [3.8, 4) is 5.75 Å². The quantitative estimate of drug-likeness (QED) is 0.625. The van der Waals surface area contributed by atoms with Gasteiger partial charge >= 0.3 is 0 Å². The number of halogens is 1. The molecule has 1 unspecified atom stereocenters. The molecule has 0 bridgehead atoms. The van der Waals surface area contributed by atoms with Gasteiger partial charge < -0.3 is 15.0 Å². The fraction of sp³-hybridized carbons (Fsp3) is 0.300. The maximum Gasteiger partial charge on any atom is 0.239 e. The van der Waals surface area contributed by atoms with E-state index in [-0.39, 0.29) is 11.8 Å². The normalized spacial score (nSPS) is 16.6. The van der Waals surface area contributed by atoms with E-state index in [2.05, 4.69) is 5.32 Å². The molecule has 6 heteroatoms. The largest absolute Gasteiger partial charge is 0.491 e. The summed E-state index contributed by atoms with van der Waals surface area (Å²) in [5.41, 5.74) is 1.81. The van der Waals surface area contributed by atoms with Crippen LogP contribution in [0.25, 0.3) is 0 Å². The Kier molecular flexibility index (Phi) is 5.78. The minimum atomic E-state index is -0.649. The highest BCUT2D eigenvalue weighted by molar-refractivity contribution is 6.30. The van der Waals surface area contributed by atoms with Crippen LogP contribution in [0, 0.1) is 12.8 Å². The second-order valence-electron chi connectivity index (χ2n) is 6.21. The van der Waals surface area contributed by atoms with Crippen molar-refractivity contribution in [1.29, 1.82) is 0 Å². The molecular formula is C20H21ClN2O3. The third kappa shape index (κ3) is 4.17. The summed E-state index contributed by atoms with van der Waals surface area (Å²) in [5, 5.41) is 3.41. The van der Waals surface area contributed by atoms with Gasteiger partial charge in [-0.1, -0.05) is 29.8 Å². The number of nitrogens with zero attached hydrogens (tertiary/aromatic N) is 1. The van der Waals surface area contributed by atoms with Crippen molar-refractivity contribution in [2.24, 2.45) is 5.92 Å². The van der Waals surface area contributed by atoms with E-state index in [0.717, 1.165) is 17.0 Å².